The van der Waals surface area contributed by atoms with Gasteiger partial charge in [0, 0.05) is 38.4 Å². The van der Waals surface area contributed by atoms with Gasteiger partial charge < -0.3 is 15.5 Å². The Hall–Kier alpha value is -1.97. The molecule has 0 aliphatic carbocycles. The molecule has 1 atom stereocenters. The number of guanidine groups is 1. The van der Waals surface area contributed by atoms with Crippen LogP contribution in [-0.4, -0.2) is 32.1 Å². The fourth-order valence-electron chi connectivity index (χ4n) is 3.14. The van der Waals surface area contributed by atoms with Crippen molar-refractivity contribution in [2.75, 3.05) is 25.0 Å². The van der Waals surface area contributed by atoms with Crippen molar-refractivity contribution in [3.8, 4) is 0 Å². The number of benzene rings is 2. The summed E-state index contributed by atoms with van der Waals surface area (Å²) in [6.45, 7) is 2.26. The van der Waals surface area contributed by atoms with Gasteiger partial charge >= 0.3 is 6.18 Å². The highest BCUT2D eigenvalue weighted by atomic mass is 127. The molecule has 1 fully saturated rings. The van der Waals surface area contributed by atoms with E-state index in [1.54, 1.807) is 7.05 Å². The molecule has 152 valence electrons. The summed E-state index contributed by atoms with van der Waals surface area (Å²) < 4.78 is 37.9. The summed E-state index contributed by atoms with van der Waals surface area (Å²) in [7, 11) is 1.69. The van der Waals surface area contributed by atoms with Gasteiger partial charge in [-0.05, 0) is 36.2 Å². The Morgan fingerprint density at radius 1 is 1.11 bits per heavy atom. The van der Waals surface area contributed by atoms with Gasteiger partial charge in [0.05, 0.1) is 5.56 Å². The lowest BCUT2D eigenvalue weighted by molar-refractivity contribution is -0.137. The zero-order valence-electron chi connectivity index (χ0n) is 15.5. The monoisotopic (exact) mass is 504 g/mol. The van der Waals surface area contributed by atoms with Crippen LogP contribution in [0.5, 0.6) is 0 Å². The molecule has 1 unspecified atom stereocenters. The molecule has 0 amide bonds. The summed E-state index contributed by atoms with van der Waals surface area (Å²) in [5.74, 6) is 0.648. The molecule has 0 aromatic heterocycles. The summed E-state index contributed by atoms with van der Waals surface area (Å²) in [5.41, 5.74) is 1.33. The van der Waals surface area contributed by atoms with Crippen molar-refractivity contribution in [2.24, 2.45) is 4.99 Å². The molecule has 2 aromatic rings. The maximum atomic E-state index is 12.6. The Kier molecular flexibility index (Phi) is 7.97. The Labute approximate surface area is 180 Å². The number of hydrogen-bond donors (Lipinski definition) is 2. The molecule has 0 radical (unpaired) electrons. The molecule has 2 N–H and O–H groups in total. The number of hydrogen-bond acceptors (Lipinski definition) is 2. The van der Waals surface area contributed by atoms with E-state index in [0.717, 1.165) is 37.2 Å². The highest BCUT2D eigenvalue weighted by Crippen LogP contribution is 2.29. The first-order valence-electron chi connectivity index (χ1n) is 8.89. The second-order valence-corrected chi connectivity index (χ2v) is 6.53. The smallest absolute Gasteiger partial charge is 0.369 e. The highest BCUT2D eigenvalue weighted by Gasteiger charge is 2.30. The van der Waals surface area contributed by atoms with Gasteiger partial charge in [0.2, 0.25) is 0 Å². The van der Waals surface area contributed by atoms with Crippen molar-refractivity contribution < 1.29 is 13.2 Å². The minimum absolute atomic E-state index is 0. The average molecular weight is 504 g/mol. The third-order valence-corrected chi connectivity index (χ3v) is 4.62. The predicted molar refractivity (Wildman–Crippen MR) is 117 cm³/mol. The first-order valence-corrected chi connectivity index (χ1v) is 8.89. The van der Waals surface area contributed by atoms with Crippen LogP contribution >= 0.6 is 24.0 Å². The van der Waals surface area contributed by atoms with Gasteiger partial charge in [-0.25, -0.2) is 0 Å². The first-order chi connectivity index (χ1) is 13.0. The summed E-state index contributed by atoms with van der Waals surface area (Å²) in [6.07, 6.45) is -3.31. The van der Waals surface area contributed by atoms with E-state index in [9.17, 15) is 13.2 Å². The fourth-order valence-corrected chi connectivity index (χ4v) is 3.14. The van der Waals surface area contributed by atoms with Crippen molar-refractivity contribution in [1.29, 1.82) is 0 Å². The van der Waals surface area contributed by atoms with Gasteiger partial charge in [-0.2, -0.15) is 13.2 Å². The first kappa shape index (κ1) is 22.3. The lowest BCUT2D eigenvalue weighted by Crippen LogP contribution is -2.44. The molecule has 1 saturated heterocycles. The molecule has 1 aliphatic heterocycles. The summed E-state index contributed by atoms with van der Waals surface area (Å²) in [4.78, 5) is 6.54. The molecule has 8 heteroatoms. The van der Waals surface area contributed by atoms with E-state index in [2.05, 4.69) is 32.7 Å². The van der Waals surface area contributed by atoms with E-state index in [1.807, 2.05) is 18.2 Å². The largest absolute Gasteiger partial charge is 0.416 e. The molecule has 28 heavy (non-hydrogen) atoms. The summed E-state index contributed by atoms with van der Waals surface area (Å²) in [6, 6.07) is 15.7. The van der Waals surface area contributed by atoms with Gasteiger partial charge in [-0.1, -0.05) is 30.3 Å². The van der Waals surface area contributed by atoms with Crippen LogP contribution in [0.3, 0.4) is 0 Å². The molecular formula is C20H24F3IN4. The Balaban J connectivity index is 0.00000280. The summed E-state index contributed by atoms with van der Waals surface area (Å²) in [5, 5.41) is 6.55. The number of para-hydroxylation sites is 1. The van der Waals surface area contributed by atoms with Crippen molar-refractivity contribution >= 4 is 35.6 Å². The maximum absolute atomic E-state index is 12.6. The van der Waals surface area contributed by atoms with Crippen molar-refractivity contribution in [3.05, 3.63) is 65.7 Å². The Bertz CT molecular complexity index is 763. The number of nitrogens with zero attached hydrogens (tertiary/aromatic N) is 2. The van der Waals surface area contributed by atoms with Crippen LogP contribution in [0.25, 0.3) is 0 Å². The lowest BCUT2D eigenvalue weighted by atomic mass is 10.1. The molecule has 0 spiro atoms. The van der Waals surface area contributed by atoms with E-state index in [0.29, 0.717) is 12.5 Å². The highest BCUT2D eigenvalue weighted by molar-refractivity contribution is 14.0. The van der Waals surface area contributed by atoms with E-state index < -0.39 is 11.7 Å². The Morgan fingerprint density at radius 3 is 2.39 bits per heavy atom. The second kappa shape index (κ2) is 9.99. The second-order valence-electron chi connectivity index (χ2n) is 6.53. The zero-order chi connectivity index (χ0) is 19.3. The van der Waals surface area contributed by atoms with Crippen molar-refractivity contribution in [2.45, 2.75) is 25.2 Å². The third kappa shape index (κ3) is 6.02. The molecule has 1 aliphatic rings. The van der Waals surface area contributed by atoms with E-state index in [1.165, 1.54) is 17.8 Å². The van der Waals surface area contributed by atoms with Crippen LogP contribution in [0.4, 0.5) is 18.9 Å². The lowest BCUT2D eigenvalue weighted by Gasteiger charge is -2.20. The number of alkyl halides is 3. The number of aliphatic imine (C=N–C) groups is 1. The summed E-state index contributed by atoms with van der Waals surface area (Å²) >= 11 is 0. The third-order valence-electron chi connectivity index (χ3n) is 4.62. The van der Waals surface area contributed by atoms with Gasteiger partial charge in [0.1, 0.15) is 0 Å². The topological polar surface area (TPSA) is 39.7 Å². The Morgan fingerprint density at radius 2 is 1.79 bits per heavy atom. The number of anilines is 1. The van der Waals surface area contributed by atoms with Crippen LogP contribution in [0.1, 0.15) is 17.5 Å². The minimum atomic E-state index is -4.31. The van der Waals surface area contributed by atoms with Crippen LogP contribution in [0.15, 0.2) is 59.6 Å². The van der Waals surface area contributed by atoms with Gasteiger partial charge in [0.25, 0.3) is 0 Å². The van der Waals surface area contributed by atoms with Crippen LogP contribution in [-0.2, 0) is 12.7 Å². The quantitative estimate of drug-likeness (QED) is 0.372. The normalized spacial score (nSPS) is 17.2. The average Bonchev–Trinajstić information content (AvgIpc) is 3.14. The van der Waals surface area contributed by atoms with Crippen LogP contribution in [0, 0.1) is 0 Å². The number of nitrogens with one attached hydrogen (secondary N) is 2. The zero-order valence-corrected chi connectivity index (χ0v) is 17.9. The number of rotatable bonds is 4. The van der Waals surface area contributed by atoms with Crippen LogP contribution < -0.4 is 15.5 Å². The van der Waals surface area contributed by atoms with Crippen molar-refractivity contribution in [1.82, 2.24) is 10.6 Å². The van der Waals surface area contributed by atoms with Crippen LogP contribution in [0.2, 0.25) is 0 Å². The van der Waals surface area contributed by atoms with Gasteiger partial charge in [-0.3, -0.25) is 4.99 Å². The standard InChI is InChI=1S/C20H23F3N4.HI/c1-24-19(25-13-15-7-9-16(10-8-15)20(21,22)23)26-17-11-12-27(14-17)18-5-3-2-4-6-18;/h2-10,17H,11-14H2,1H3,(H2,24,25,26);1H. The van der Waals surface area contributed by atoms with E-state index in [-0.39, 0.29) is 30.0 Å². The SMILES string of the molecule is CN=C(NCc1ccc(C(F)(F)F)cc1)NC1CCN(c2ccccc2)C1.I. The maximum Gasteiger partial charge on any atom is 0.416 e. The van der Waals surface area contributed by atoms with E-state index >= 15 is 0 Å². The molecule has 0 saturated carbocycles. The minimum Gasteiger partial charge on any atom is -0.369 e. The fraction of sp³-hybridized carbons (Fsp3) is 0.350. The molecule has 3 rings (SSSR count). The van der Waals surface area contributed by atoms with E-state index in [4.69, 9.17) is 0 Å². The number of halogens is 4. The molecule has 1 heterocycles. The van der Waals surface area contributed by atoms with Crippen molar-refractivity contribution in [3.63, 3.8) is 0 Å². The van der Waals surface area contributed by atoms with Gasteiger partial charge in [0.15, 0.2) is 5.96 Å². The molecule has 4 nitrogen and oxygen atoms in total. The molecule has 0 bridgehead atoms. The van der Waals surface area contributed by atoms with Gasteiger partial charge in [-0.15, -0.1) is 24.0 Å². The molecule has 2 aromatic carbocycles. The predicted octanol–water partition coefficient (Wildman–Crippen LogP) is 4.27. The molecular weight excluding hydrogens is 480 g/mol.